The largest absolute Gasteiger partial charge is 0.497 e. The molecule has 150 valence electrons. The van der Waals surface area contributed by atoms with Gasteiger partial charge in [-0.1, -0.05) is 30.0 Å². The summed E-state index contributed by atoms with van der Waals surface area (Å²) in [6.45, 7) is 0.200. The summed E-state index contributed by atoms with van der Waals surface area (Å²) in [6, 6.07) is 11.5. The van der Waals surface area contributed by atoms with E-state index in [9.17, 15) is 14.4 Å². The van der Waals surface area contributed by atoms with E-state index in [2.05, 4.69) is 22.5 Å². The van der Waals surface area contributed by atoms with Gasteiger partial charge < -0.3 is 20.4 Å². The molecule has 2 aliphatic rings. The first-order valence-corrected chi connectivity index (χ1v) is 9.17. The van der Waals surface area contributed by atoms with Crippen molar-refractivity contribution in [3.8, 4) is 17.6 Å². The summed E-state index contributed by atoms with van der Waals surface area (Å²) in [4.78, 5) is 38.9. The Morgan fingerprint density at radius 2 is 2.07 bits per heavy atom. The highest BCUT2D eigenvalue weighted by Gasteiger charge is 2.48. The number of hydrogen-bond acceptors (Lipinski definition) is 5. The lowest BCUT2D eigenvalue weighted by molar-refractivity contribution is -0.122. The van der Waals surface area contributed by atoms with Crippen LogP contribution in [0, 0.1) is 17.3 Å². The first kappa shape index (κ1) is 19.2. The van der Waals surface area contributed by atoms with Gasteiger partial charge in [0, 0.05) is 23.9 Å². The molecule has 2 aliphatic heterocycles. The van der Waals surface area contributed by atoms with Crippen molar-refractivity contribution in [1.29, 1.82) is 5.41 Å². The number of amides is 4. The Morgan fingerprint density at radius 1 is 1.23 bits per heavy atom. The fourth-order valence-corrected chi connectivity index (χ4v) is 3.50. The number of nitrogens with one attached hydrogen (secondary N) is 3. The molecule has 1 atom stereocenters. The number of benzene rings is 2. The van der Waals surface area contributed by atoms with E-state index in [1.165, 1.54) is 18.2 Å². The Labute approximate surface area is 172 Å². The molecule has 2 aromatic rings. The third-order valence-electron chi connectivity index (χ3n) is 5.04. The lowest BCUT2D eigenvalue weighted by Gasteiger charge is -2.26. The molecule has 8 heteroatoms. The van der Waals surface area contributed by atoms with Crippen molar-refractivity contribution in [3.63, 3.8) is 0 Å². The Kier molecular flexibility index (Phi) is 4.72. The first-order chi connectivity index (χ1) is 14.4. The summed E-state index contributed by atoms with van der Waals surface area (Å²) in [5.41, 5.74) is 0.993. The van der Waals surface area contributed by atoms with Gasteiger partial charge in [0.05, 0.1) is 13.7 Å². The third kappa shape index (κ3) is 3.37. The van der Waals surface area contributed by atoms with Crippen molar-refractivity contribution in [1.82, 2.24) is 15.5 Å². The van der Waals surface area contributed by atoms with Crippen molar-refractivity contribution < 1.29 is 19.1 Å². The van der Waals surface area contributed by atoms with Crippen molar-refractivity contribution >= 4 is 24.1 Å². The van der Waals surface area contributed by atoms with E-state index < -0.39 is 17.5 Å². The summed E-state index contributed by atoms with van der Waals surface area (Å²) < 4.78 is 5.18. The number of carbonyl (C=O) groups excluding carboxylic acids is 3. The maximum absolute atomic E-state index is 12.9. The van der Waals surface area contributed by atoms with E-state index in [1.807, 2.05) is 0 Å². The van der Waals surface area contributed by atoms with E-state index in [1.54, 1.807) is 42.5 Å². The van der Waals surface area contributed by atoms with Crippen molar-refractivity contribution in [3.05, 3.63) is 64.7 Å². The zero-order valence-corrected chi connectivity index (χ0v) is 16.1. The maximum atomic E-state index is 12.9. The van der Waals surface area contributed by atoms with Crippen molar-refractivity contribution in [2.24, 2.45) is 0 Å². The van der Waals surface area contributed by atoms with Gasteiger partial charge in [-0.05, 0) is 35.4 Å². The molecule has 0 spiro atoms. The quantitative estimate of drug-likeness (QED) is 0.406. The zero-order valence-electron chi connectivity index (χ0n) is 16.1. The Bertz CT molecular complexity index is 1150. The van der Waals surface area contributed by atoms with Gasteiger partial charge in [-0.25, -0.2) is 4.79 Å². The number of methoxy groups -OCH3 is 1. The molecule has 3 N–H and O–H groups in total. The van der Waals surface area contributed by atoms with Crippen LogP contribution in [0.4, 0.5) is 4.79 Å². The van der Waals surface area contributed by atoms with Gasteiger partial charge in [0.2, 0.25) is 5.54 Å². The molecule has 2 aromatic carbocycles. The minimum atomic E-state index is -1.57. The average Bonchev–Trinajstić information content (AvgIpc) is 3.21. The van der Waals surface area contributed by atoms with Gasteiger partial charge >= 0.3 is 6.03 Å². The van der Waals surface area contributed by atoms with E-state index in [0.29, 0.717) is 29.0 Å². The fourth-order valence-electron chi connectivity index (χ4n) is 3.50. The lowest BCUT2D eigenvalue weighted by Crippen LogP contribution is -2.54. The Hall–Kier alpha value is -4.12. The topological polar surface area (TPSA) is 112 Å². The van der Waals surface area contributed by atoms with Gasteiger partial charge in [0.1, 0.15) is 5.75 Å². The van der Waals surface area contributed by atoms with Crippen molar-refractivity contribution in [2.75, 3.05) is 13.7 Å². The van der Waals surface area contributed by atoms with Crippen LogP contribution >= 0.6 is 0 Å². The number of rotatable bonds is 4. The number of hydrogen-bond donors (Lipinski definition) is 3. The standard InChI is InChI=1S/C22H18N4O4/c1-30-17-6-5-16-12-26(19(27)18(16)10-17)13-22(20(28)24-21(29)25-22)8-7-14-3-2-4-15(9-14)11-23/h2-6,9-11,23H,12-13H2,1H3,(H2,24,25,28,29)/t22-/m1/s1. The lowest BCUT2D eigenvalue weighted by atomic mass is 9.99. The van der Waals surface area contributed by atoms with Crippen LogP contribution in [0.2, 0.25) is 0 Å². The minimum Gasteiger partial charge on any atom is -0.497 e. The number of urea groups is 1. The minimum absolute atomic E-state index is 0.0995. The molecule has 0 unspecified atom stereocenters. The molecule has 30 heavy (non-hydrogen) atoms. The second-order valence-corrected chi connectivity index (χ2v) is 7.02. The van der Waals surface area contributed by atoms with Crippen LogP contribution in [0.15, 0.2) is 42.5 Å². The van der Waals surface area contributed by atoms with Gasteiger partial charge in [-0.15, -0.1) is 0 Å². The maximum Gasteiger partial charge on any atom is 0.323 e. The number of carbonyl (C=O) groups is 3. The SMILES string of the molecule is COc1ccc2c(c1)C(=O)N(C[C@@]1(C#Cc3cccc(C=N)c3)NC(=O)NC1=O)C2. The van der Waals surface area contributed by atoms with Crippen LogP contribution in [0.25, 0.3) is 0 Å². The summed E-state index contributed by atoms with van der Waals surface area (Å²) >= 11 is 0. The molecule has 2 heterocycles. The molecule has 4 rings (SSSR count). The Balaban J connectivity index is 1.65. The third-order valence-corrected chi connectivity index (χ3v) is 5.04. The van der Waals surface area contributed by atoms with Crippen LogP contribution < -0.4 is 15.4 Å². The smallest absolute Gasteiger partial charge is 0.323 e. The molecule has 0 aliphatic carbocycles. The summed E-state index contributed by atoms with van der Waals surface area (Å²) in [7, 11) is 1.52. The molecule has 0 radical (unpaired) electrons. The van der Waals surface area contributed by atoms with Gasteiger partial charge in [0.25, 0.3) is 11.8 Å². The van der Waals surface area contributed by atoms with Crippen LogP contribution in [0.1, 0.15) is 27.0 Å². The molecule has 1 fully saturated rings. The molecule has 4 amide bonds. The summed E-state index contributed by atoms with van der Waals surface area (Å²) in [6.07, 6.45) is 1.19. The first-order valence-electron chi connectivity index (χ1n) is 9.17. The van der Waals surface area contributed by atoms with E-state index in [4.69, 9.17) is 10.1 Å². The van der Waals surface area contributed by atoms with Crippen molar-refractivity contribution in [2.45, 2.75) is 12.1 Å². The normalized spacial score (nSPS) is 19.5. The molecule has 1 saturated heterocycles. The van der Waals surface area contributed by atoms with Crippen LogP contribution in [-0.4, -0.2) is 48.2 Å². The number of ether oxygens (including phenoxy) is 1. The predicted octanol–water partition coefficient (Wildman–Crippen LogP) is 1.28. The predicted molar refractivity (Wildman–Crippen MR) is 108 cm³/mol. The number of nitrogens with zero attached hydrogens (tertiary/aromatic N) is 1. The van der Waals surface area contributed by atoms with Crippen LogP contribution in [0.5, 0.6) is 5.75 Å². The van der Waals surface area contributed by atoms with Gasteiger partial charge in [-0.2, -0.15) is 0 Å². The number of imide groups is 1. The molecule has 0 saturated carbocycles. The fraction of sp³-hybridized carbons (Fsp3) is 0.182. The highest BCUT2D eigenvalue weighted by Crippen LogP contribution is 2.28. The highest BCUT2D eigenvalue weighted by atomic mass is 16.5. The summed E-state index contributed by atoms with van der Waals surface area (Å²) in [5.74, 6) is 5.45. The Morgan fingerprint density at radius 3 is 2.77 bits per heavy atom. The molecular weight excluding hydrogens is 384 g/mol. The van der Waals surface area contributed by atoms with E-state index in [0.717, 1.165) is 5.56 Å². The molecule has 0 bridgehead atoms. The van der Waals surface area contributed by atoms with Crippen LogP contribution in [0.3, 0.4) is 0 Å². The van der Waals surface area contributed by atoms with Gasteiger partial charge in [-0.3, -0.25) is 14.9 Å². The second-order valence-electron chi connectivity index (χ2n) is 7.02. The average molecular weight is 402 g/mol. The van der Waals surface area contributed by atoms with Crippen LogP contribution in [-0.2, 0) is 11.3 Å². The monoisotopic (exact) mass is 402 g/mol. The number of fused-ring (bicyclic) bond motifs is 1. The molecule has 8 nitrogen and oxygen atoms in total. The highest BCUT2D eigenvalue weighted by molar-refractivity contribution is 6.10. The van der Waals surface area contributed by atoms with Gasteiger partial charge in [0.15, 0.2) is 0 Å². The molecular formula is C22H18N4O4. The van der Waals surface area contributed by atoms with E-state index >= 15 is 0 Å². The zero-order chi connectivity index (χ0) is 21.3. The van der Waals surface area contributed by atoms with E-state index in [-0.39, 0.29) is 12.5 Å². The summed E-state index contributed by atoms with van der Waals surface area (Å²) in [5, 5.41) is 12.1. The second kappa shape index (κ2) is 7.37. The molecule has 0 aromatic heterocycles.